The Bertz CT molecular complexity index is 705. The highest BCUT2D eigenvalue weighted by atomic mass is 19.1. The molecule has 0 spiro atoms. The van der Waals surface area contributed by atoms with Gasteiger partial charge in [-0.3, -0.25) is 0 Å². The van der Waals surface area contributed by atoms with Gasteiger partial charge in [-0.1, -0.05) is 36.4 Å². The number of rotatable bonds is 5. The Balaban J connectivity index is 2.02. The number of aromatic hydroxyl groups is 1. The summed E-state index contributed by atoms with van der Waals surface area (Å²) in [6.07, 6.45) is -0.949. The fraction of sp³-hybridized carbons (Fsp3) is 0.125. The number of alkyl carbamates (subject to hydrolysis) is 1. The van der Waals surface area contributed by atoms with Crippen LogP contribution in [-0.2, 0) is 16.1 Å². The van der Waals surface area contributed by atoms with Crippen molar-refractivity contribution in [3.63, 3.8) is 0 Å². The van der Waals surface area contributed by atoms with Crippen LogP contribution in [0.25, 0.3) is 0 Å². The molecule has 0 fully saturated rings. The Morgan fingerprint density at radius 1 is 1.17 bits per heavy atom. The lowest BCUT2D eigenvalue weighted by atomic mass is 10.1. The van der Waals surface area contributed by atoms with E-state index < -0.39 is 29.7 Å². The van der Waals surface area contributed by atoms with Gasteiger partial charge in [0.25, 0.3) is 0 Å². The molecule has 0 bridgehead atoms. The standard InChI is InChI=1S/C16H14FNO5/c17-12-8-11(6-7-13(12)19)14(15(20)21)18-16(22)23-9-10-4-2-1-3-5-10/h1-8,14,19H,9H2,(H,18,22)(H,20,21). The third-order valence-corrected chi connectivity index (χ3v) is 3.03. The molecule has 7 heteroatoms. The van der Waals surface area contributed by atoms with E-state index in [2.05, 4.69) is 5.32 Å². The largest absolute Gasteiger partial charge is 0.505 e. The molecular formula is C16H14FNO5. The number of halogens is 1. The zero-order chi connectivity index (χ0) is 16.8. The second-order valence-corrected chi connectivity index (χ2v) is 4.69. The van der Waals surface area contributed by atoms with Crippen molar-refractivity contribution in [1.82, 2.24) is 5.32 Å². The minimum atomic E-state index is -1.49. The van der Waals surface area contributed by atoms with Crippen LogP contribution < -0.4 is 5.32 Å². The van der Waals surface area contributed by atoms with Crippen molar-refractivity contribution in [3.05, 3.63) is 65.5 Å². The van der Waals surface area contributed by atoms with Crippen molar-refractivity contribution in [3.8, 4) is 5.75 Å². The van der Waals surface area contributed by atoms with E-state index in [-0.39, 0.29) is 12.2 Å². The maximum atomic E-state index is 13.3. The number of hydrogen-bond acceptors (Lipinski definition) is 4. The summed E-state index contributed by atoms with van der Waals surface area (Å²) in [6.45, 7) is -0.0248. The third kappa shape index (κ3) is 4.44. The first-order valence-corrected chi connectivity index (χ1v) is 6.66. The minimum absolute atomic E-state index is 0.0236. The number of carbonyl (C=O) groups is 2. The summed E-state index contributed by atoms with van der Waals surface area (Å²) in [6, 6.07) is 10.4. The molecule has 1 unspecified atom stereocenters. The minimum Gasteiger partial charge on any atom is -0.505 e. The van der Waals surface area contributed by atoms with Crippen molar-refractivity contribution >= 4 is 12.1 Å². The van der Waals surface area contributed by atoms with Crippen LogP contribution >= 0.6 is 0 Å². The topological polar surface area (TPSA) is 95.9 Å². The summed E-state index contributed by atoms with van der Waals surface area (Å²) in [5, 5.41) is 20.4. The van der Waals surface area contributed by atoms with Gasteiger partial charge in [-0.15, -0.1) is 0 Å². The number of aliphatic carboxylic acids is 1. The molecule has 3 N–H and O–H groups in total. The highest BCUT2D eigenvalue weighted by Crippen LogP contribution is 2.21. The van der Waals surface area contributed by atoms with Gasteiger partial charge in [0.2, 0.25) is 0 Å². The summed E-state index contributed by atoms with van der Waals surface area (Å²) >= 11 is 0. The van der Waals surface area contributed by atoms with Crippen LogP contribution in [0.1, 0.15) is 17.2 Å². The van der Waals surface area contributed by atoms with E-state index in [1.165, 1.54) is 6.07 Å². The van der Waals surface area contributed by atoms with E-state index in [1.807, 2.05) is 6.07 Å². The maximum absolute atomic E-state index is 13.3. The quantitative estimate of drug-likeness (QED) is 0.787. The molecule has 0 saturated heterocycles. The van der Waals surface area contributed by atoms with Crippen molar-refractivity contribution in [2.45, 2.75) is 12.6 Å². The normalized spacial score (nSPS) is 11.5. The van der Waals surface area contributed by atoms with Crippen LogP contribution in [0.15, 0.2) is 48.5 Å². The number of nitrogens with one attached hydrogen (secondary N) is 1. The molecule has 1 atom stereocenters. The molecule has 0 saturated carbocycles. The number of carboxylic acid groups (broad SMARTS) is 1. The van der Waals surface area contributed by atoms with Gasteiger partial charge in [-0.2, -0.15) is 0 Å². The Labute approximate surface area is 131 Å². The number of amides is 1. The third-order valence-electron chi connectivity index (χ3n) is 3.03. The summed E-state index contributed by atoms with van der Waals surface area (Å²) in [5.41, 5.74) is 0.717. The Kier molecular flexibility index (Phi) is 5.14. The van der Waals surface area contributed by atoms with Crippen molar-refractivity contribution in [2.24, 2.45) is 0 Å². The summed E-state index contributed by atoms with van der Waals surface area (Å²) in [7, 11) is 0. The summed E-state index contributed by atoms with van der Waals surface area (Å²) < 4.78 is 18.3. The number of carbonyl (C=O) groups excluding carboxylic acids is 1. The highest BCUT2D eigenvalue weighted by molar-refractivity contribution is 5.81. The molecule has 23 heavy (non-hydrogen) atoms. The first kappa shape index (κ1) is 16.3. The molecule has 0 radical (unpaired) electrons. The lowest BCUT2D eigenvalue weighted by Gasteiger charge is -2.15. The van der Waals surface area contributed by atoms with E-state index in [0.29, 0.717) is 0 Å². The maximum Gasteiger partial charge on any atom is 0.408 e. The Morgan fingerprint density at radius 3 is 2.48 bits per heavy atom. The van der Waals surface area contributed by atoms with Gasteiger partial charge in [0.05, 0.1) is 0 Å². The SMILES string of the molecule is O=C(NC(C(=O)O)c1ccc(O)c(F)c1)OCc1ccccc1. The molecule has 2 aromatic carbocycles. The van der Waals surface area contributed by atoms with E-state index >= 15 is 0 Å². The lowest BCUT2D eigenvalue weighted by Crippen LogP contribution is -2.34. The molecule has 0 aliphatic carbocycles. The van der Waals surface area contributed by atoms with Gasteiger partial charge in [0, 0.05) is 0 Å². The van der Waals surface area contributed by atoms with Crippen molar-refractivity contribution in [1.29, 1.82) is 0 Å². The molecule has 2 aromatic rings. The van der Waals surface area contributed by atoms with E-state index in [1.54, 1.807) is 24.3 Å². The number of hydrogen-bond donors (Lipinski definition) is 3. The average molecular weight is 319 g/mol. The van der Waals surface area contributed by atoms with Crippen LogP contribution in [-0.4, -0.2) is 22.3 Å². The predicted octanol–water partition coefficient (Wildman–Crippen LogP) is 2.58. The summed E-state index contributed by atoms with van der Waals surface area (Å²) in [4.78, 5) is 23.0. The molecule has 2 rings (SSSR count). The average Bonchev–Trinajstić information content (AvgIpc) is 2.54. The molecule has 6 nitrogen and oxygen atoms in total. The van der Waals surface area contributed by atoms with Gasteiger partial charge in [0.1, 0.15) is 6.61 Å². The Morgan fingerprint density at radius 2 is 1.87 bits per heavy atom. The van der Waals surface area contributed by atoms with Gasteiger partial charge in [0.15, 0.2) is 17.6 Å². The fourth-order valence-corrected chi connectivity index (χ4v) is 1.87. The van der Waals surface area contributed by atoms with Gasteiger partial charge in [-0.25, -0.2) is 14.0 Å². The van der Waals surface area contributed by atoms with Crippen LogP contribution in [0.4, 0.5) is 9.18 Å². The van der Waals surface area contributed by atoms with Gasteiger partial charge < -0.3 is 20.3 Å². The van der Waals surface area contributed by atoms with Crippen molar-refractivity contribution < 1.29 is 28.9 Å². The molecule has 0 aliphatic heterocycles. The zero-order valence-corrected chi connectivity index (χ0v) is 11.9. The van der Waals surface area contributed by atoms with Gasteiger partial charge in [-0.05, 0) is 23.3 Å². The van der Waals surface area contributed by atoms with Crippen LogP contribution in [0.3, 0.4) is 0 Å². The second kappa shape index (κ2) is 7.26. The molecule has 0 aromatic heterocycles. The molecule has 120 valence electrons. The smallest absolute Gasteiger partial charge is 0.408 e. The van der Waals surface area contributed by atoms with Crippen LogP contribution in [0, 0.1) is 5.82 Å². The highest BCUT2D eigenvalue weighted by Gasteiger charge is 2.23. The second-order valence-electron chi connectivity index (χ2n) is 4.69. The summed E-state index contributed by atoms with van der Waals surface area (Å²) in [5.74, 6) is -2.97. The fourth-order valence-electron chi connectivity index (χ4n) is 1.87. The zero-order valence-electron chi connectivity index (χ0n) is 11.9. The van der Waals surface area contributed by atoms with Crippen LogP contribution in [0.2, 0.25) is 0 Å². The predicted molar refractivity (Wildman–Crippen MR) is 78.2 cm³/mol. The number of carboxylic acids is 1. The van der Waals surface area contributed by atoms with E-state index in [4.69, 9.17) is 14.9 Å². The first-order valence-electron chi connectivity index (χ1n) is 6.66. The first-order chi connectivity index (χ1) is 11.0. The number of ether oxygens (including phenoxy) is 1. The van der Waals surface area contributed by atoms with Crippen LogP contribution in [0.5, 0.6) is 5.75 Å². The number of benzene rings is 2. The van der Waals surface area contributed by atoms with E-state index in [0.717, 1.165) is 17.7 Å². The van der Waals surface area contributed by atoms with Crippen molar-refractivity contribution in [2.75, 3.05) is 0 Å². The number of phenols is 1. The monoisotopic (exact) mass is 319 g/mol. The Hall–Kier alpha value is -3.09. The van der Waals surface area contributed by atoms with Gasteiger partial charge >= 0.3 is 12.1 Å². The molecule has 0 aliphatic rings. The molecule has 1 amide bonds. The number of phenolic OH excluding ortho intramolecular Hbond substituents is 1. The molecular weight excluding hydrogens is 305 g/mol. The lowest BCUT2D eigenvalue weighted by molar-refractivity contribution is -0.139. The van der Waals surface area contributed by atoms with E-state index in [9.17, 15) is 14.0 Å². The molecule has 0 heterocycles.